The van der Waals surface area contributed by atoms with Crippen molar-refractivity contribution in [2.24, 2.45) is 10.8 Å². The van der Waals surface area contributed by atoms with E-state index in [1.54, 1.807) is 0 Å². The highest BCUT2D eigenvalue weighted by Crippen LogP contribution is 2.58. The van der Waals surface area contributed by atoms with Crippen molar-refractivity contribution in [3.8, 4) is 0 Å². The van der Waals surface area contributed by atoms with Gasteiger partial charge in [0, 0.05) is 11.5 Å². The molecular formula is C28H27F2N5S2. The number of thioether (sulfide) groups is 1. The Balaban J connectivity index is 1.82. The number of rotatable bonds is 7. The minimum absolute atomic E-state index is 0.113. The Morgan fingerprint density at radius 3 is 2.49 bits per heavy atom. The Morgan fingerprint density at radius 2 is 1.78 bits per heavy atom. The van der Waals surface area contributed by atoms with Crippen LogP contribution < -0.4 is 10.7 Å². The van der Waals surface area contributed by atoms with Crippen LogP contribution in [-0.4, -0.2) is 21.8 Å². The number of hydrazone groups is 1. The van der Waals surface area contributed by atoms with Gasteiger partial charge in [0.2, 0.25) is 5.13 Å². The lowest BCUT2D eigenvalue weighted by Gasteiger charge is -2.42. The summed E-state index contributed by atoms with van der Waals surface area (Å²) < 4.78 is 29.4. The first-order valence-corrected chi connectivity index (χ1v) is 13.6. The second kappa shape index (κ2) is 10.3. The van der Waals surface area contributed by atoms with Crippen LogP contribution in [0.25, 0.3) is 0 Å². The van der Waals surface area contributed by atoms with Crippen LogP contribution in [0.1, 0.15) is 45.2 Å². The maximum Gasteiger partial charge on any atom is 0.230 e. The van der Waals surface area contributed by atoms with Crippen LogP contribution in [0.4, 0.5) is 13.9 Å². The Labute approximate surface area is 223 Å². The lowest BCUT2D eigenvalue weighted by atomic mass is 9.81. The average molecular weight is 536 g/mol. The van der Waals surface area contributed by atoms with Crippen molar-refractivity contribution < 1.29 is 8.78 Å². The van der Waals surface area contributed by atoms with E-state index < -0.39 is 16.5 Å². The van der Waals surface area contributed by atoms with E-state index in [1.807, 2.05) is 43.1 Å². The second-order valence-electron chi connectivity index (χ2n) is 9.10. The van der Waals surface area contributed by atoms with E-state index in [1.165, 1.54) is 29.2 Å². The van der Waals surface area contributed by atoms with E-state index in [0.717, 1.165) is 39.4 Å². The molecule has 2 heterocycles. The molecule has 0 bridgehead atoms. The lowest BCUT2D eigenvalue weighted by molar-refractivity contribution is 0.450. The van der Waals surface area contributed by atoms with Crippen LogP contribution in [0.15, 0.2) is 71.8 Å². The molecule has 5 rings (SSSR count). The first-order valence-electron chi connectivity index (χ1n) is 12.0. The van der Waals surface area contributed by atoms with Crippen molar-refractivity contribution in [3.05, 3.63) is 111 Å². The molecule has 0 fully saturated rings. The Morgan fingerprint density at radius 1 is 0.973 bits per heavy atom. The predicted molar refractivity (Wildman–Crippen MR) is 148 cm³/mol. The Hall–Kier alpha value is -3.14. The van der Waals surface area contributed by atoms with Gasteiger partial charge < -0.3 is 5.73 Å². The van der Waals surface area contributed by atoms with E-state index in [2.05, 4.69) is 41.4 Å². The molecule has 2 atom stereocenters. The SMILES string of the molecule is Cc1cccc(C2(C(CCN)c3ccccc3C)SC(c3cc(F)ccc3F)=NN2c2nnc(C)s2)c1. The molecule has 0 saturated heterocycles. The molecule has 0 saturated carbocycles. The quantitative estimate of drug-likeness (QED) is 0.287. The number of hydrogen-bond acceptors (Lipinski definition) is 7. The molecule has 9 heteroatoms. The third-order valence-electron chi connectivity index (χ3n) is 6.54. The molecule has 2 unspecified atom stereocenters. The number of benzene rings is 3. The van der Waals surface area contributed by atoms with Crippen LogP contribution in [0.5, 0.6) is 0 Å². The molecule has 0 spiro atoms. The van der Waals surface area contributed by atoms with Crippen molar-refractivity contribution in [1.82, 2.24) is 10.2 Å². The smallest absolute Gasteiger partial charge is 0.230 e. The Bertz CT molecular complexity index is 1470. The molecule has 4 aromatic rings. The number of halogens is 2. The van der Waals surface area contributed by atoms with Gasteiger partial charge in [0.25, 0.3) is 0 Å². The van der Waals surface area contributed by atoms with Gasteiger partial charge in [0.1, 0.15) is 26.6 Å². The zero-order valence-corrected chi connectivity index (χ0v) is 22.4. The van der Waals surface area contributed by atoms with Gasteiger partial charge in [-0.15, -0.1) is 10.2 Å². The normalized spacial score (nSPS) is 18.2. The molecule has 0 amide bonds. The molecule has 3 aromatic carbocycles. The third-order valence-corrected chi connectivity index (χ3v) is 8.85. The van der Waals surface area contributed by atoms with E-state index in [4.69, 9.17) is 10.8 Å². The van der Waals surface area contributed by atoms with E-state index in [9.17, 15) is 4.39 Å². The van der Waals surface area contributed by atoms with Gasteiger partial charge in [-0.3, -0.25) is 0 Å². The van der Waals surface area contributed by atoms with Gasteiger partial charge in [-0.2, -0.15) is 5.10 Å². The van der Waals surface area contributed by atoms with Gasteiger partial charge in [-0.05, 0) is 68.6 Å². The standard InChI is InChI=1S/C28H27F2N5S2/c1-17-7-6-9-20(15-17)28(24(13-14-31)22-10-5-4-8-18(22)2)35(27-33-32-19(3)36-27)34-26(37-28)23-16-21(29)11-12-25(23)30/h4-12,15-16,24H,13-14,31H2,1-3H3. The number of hydrogen-bond donors (Lipinski definition) is 1. The second-order valence-corrected chi connectivity index (χ2v) is 11.5. The van der Waals surface area contributed by atoms with Gasteiger partial charge >= 0.3 is 0 Å². The molecule has 0 aliphatic carbocycles. The minimum atomic E-state index is -0.877. The fraction of sp³-hybridized carbons (Fsp3) is 0.250. The van der Waals surface area contributed by atoms with Crippen LogP contribution in [0.3, 0.4) is 0 Å². The van der Waals surface area contributed by atoms with Gasteiger partial charge in [0.15, 0.2) is 0 Å². The fourth-order valence-electron chi connectivity index (χ4n) is 4.88. The van der Waals surface area contributed by atoms with Crippen LogP contribution >= 0.6 is 23.1 Å². The van der Waals surface area contributed by atoms with Crippen molar-refractivity contribution in [1.29, 1.82) is 0 Å². The number of aromatic nitrogens is 2. The number of nitrogens with zero attached hydrogens (tertiary/aromatic N) is 4. The van der Waals surface area contributed by atoms with Crippen molar-refractivity contribution in [3.63, 3.8) is 0 Å². The van der Waals surface area contributed by atoms with Crippen molar-refractivity contribution in [2.75, 3.05) is 11.6 Å². The maximum atomic E-state index is 15.1. The lowest BCUT2D eigenvalue weighted by Crippen LogP contribution is -2.44. The predicted octanol–water partition coefficient (Wildman–Crippen LogP) is 6.64. The number of anilines is 1. The summed E-state index contributed by atoms with van der Waals surface area (Å²) in [5.74, 6) is -1.22. The first-order chi connectivity index (χ1) is 17.8. The topological polar surface area (TPSA) is 67.4 Å². The summed E-state index contributed by atoms with van der Waals surface area (Å²) >= 11 is 2.82. The minimum Gasteiger partial charge on any atom is -0.330 e. The maximum absolute atomic E-state index is 15.1. The molecule has 37 heavy (non-hydrogen) atoms. The summed E-state index contributed by atoms with van der Waals surface area (Å²) in [6, 6.07) is 19.9. The molecule has 5 nitrogen and oxygen atoms in total. The fourth-order valence-corrected chi connectivity index (χ4v) is 7.16. The third kappa shape index (κ3) is 4.67. The molecule has 2 N–H and O–H groups in total. The van der Waals surface area contributed by atoms with Gasteiger partial charge in [0.05, 0.1) is 0 Å². The van der Waals surface area contributed by atoms with Crippen molar-refractivity contribution in [2.45, 2.75) is 38.0 Å². The highest BCUT2D eigenvalue weighted by molar-refractivity contribution is 8.15. The molecule has 1 aliphatic rings. The summed E-state index contributed by atoms with van der Waals surface area (Å²) in [4.78, 5) is -0.877. The van der Waals surface area contributed by atoms with Crippen molar-refractivity contribution >= 4 is 33.3 Å². The Kier molecular flexibility index (Phi) is 7.11. The highest BCUT2D eigenvalue weighted by atomic mass is 32.2. The van der Waals surface area contributed by atoms with Crippen LogP contribution in [0.2, 0.25) is 0 Å². The number of aryl methyl sites for hydroxylation is 3. The molecule has 1 aromatic heterocycles. The summed E-state index contributed by atoms with van der Waals surface area (Å²) in [7, 11) is 0. The summed E-state index contributed by atoms with van der Waals surface area (Å²) in [6.07, 6.45) is 0.633. The molecular weight excluding hydrogens is 508 g/mol. The van der Waals surface area contributed by atoms with Gasteiger partial charge in [-0.1, -0.05) is 77.2 Å². The van der Waals surface area contributed by atoms with Gasteiger partial charge in [-0.25, -0.2) is 13.8 Å². The molecule has 0 radical (unpaired) electrons. The summed E-state index contributed by atoms with van der Waals surface area (Å²) in [5.41, 5.74) is 10.6. The zero-order valence-electron chi connectivity index (χ0n) is 20.8. The van der Waals surface area contributed by atoms with Crippen LogP contribution in [0, 0.1) is 32.4 Å². The largest absolute Gasteiger partial charge is 0.330 e. The summed E-state index contributed by atoms with van der Waals surface area (Å²) in [5, 5.41) is 17.2. The van der Waals surface area contributed by atoms with E-state index in [0.29, 0.717) is 23.1 Å². The number of nitrogens with two attached hydrogens (primary N) is 1. The molecule has 1 aliphatic heterocycles. The van der Waals surface area contributed by atoms with E-state index >= 15 is 4.39 Å². The van der Waals surface area contributed by atoms with E-state index in [-0.39, 0.29) is 11.5 Å². The van der Waals surface area contributed by atoms with Crippen LogP contribution in [-0.2, 0) is 4.87 Å². The monoisotopic (exact) mass is 535 g/mol. The first kappa shape index (κ1) is 25.5. The molecule has 190 valence electrons. The highest BCUT2D eigenvalue weighted by Gasteiger charge is 2.54. The summed E-state index contributed by atoms with van der Waals surface area (Å²) in [6.45, 7) is 6.43. The zero-order chi connectivity index (χ0) is 26.2. The average Bonchev–Trinajstić information content (AvgIpc) is 3.49.